The molecule has 9 nitrogen and oxygen atoms in total. The molecule has 0 aliphatic heterocycles. The number of nitrogens with zero attached hydrogens (tertiary/aromatic N) is 3. The predicted molar refractivity (Wildman–Crippen MR) is 155 cm³/mol. The third kappa shape index (κ3) is 7.77. The van der Waals surface area contributed by atoms with Crippen LogP contribution in [0.25, 0.3) is 10.8 Å². The first-order chi connectivity index (χ1) is 18.3. The molecule has 0 atom stereocenters. The van der Waals surface area contributed by atoms with E-state index < -0.39 is 10.0 Å². The van der Waals surface area contributed by atoms with Crippen LogP contribution in [-0.2, 0) is 10.0 Å². The van der Waals surface area contributed by atoms with Crippen molar-refractivity contribution in [3.05, 3.63) is 42.5 Å². The van der Waals surface area contributed by atoms with E-state index in [1.165, 1.54) is 0 Å². The van der Waals surface area contributed by atoms with Crippen LogP contribution in [0.5, 0.6) is 0 Å². The van der Waals surface area contributed by atoms with Crippen molar-refractivity contribution in [2.24, 2.45) is 11.8 Å². The fourth-order valence-electron chi connectivity index (χ4n) is 4.84. The number of hydrogen-bond donors (Lipinski definition) is 4. The van der Waals surface area contributed by atoms with Crippen LogP contribution in [0.2, 0.25) is 0 Å². The van der Waals surface area contributed by atoms with E-state index in [2.05, 4.69) is 56.4 Å². The number of benzene rings is 2. The Bertz CT molecular complexity index is 1290. The Kier molecular flexibility index (Phi) is 9.74. The topological polar surface area (TPSA) is 121 Å². The molecule has 1 saturated carbocycles. The second-order valence-electron chi connectivity index (χ2n) is 10.5. The van der Waals surface area contributed by atoms with Crippen LogP contribution in [0.4, 0.5) is 17.8 Å². The Hall–Kier alpha value is -2.98. The third-order valence-corrected chi connectivity index (χ3v) is 8.46. The Morgan fingerprint density at radius 1 is 0.842 bits per heavy atom. The van der Waals surface area contributed by atoms with Gasteiger partial charge < -0.3 is 16.0 Å². The average molecular weight is 540 g/mol. The normalized spacial score (nSPS) is 18.0. The van der Waals surface area contributed by atoms with Crippen LogP contribution < -0.4 is 20.7 Å². The van der Waals surface area contributed by atoms with Crippen molar-refractivity contribution in [1.29, 1.82) is 0 Å². The summed E-state index contributed by atoms with van der Waals surface area (Å²) in [5, 5.41) is 11.7. The predicted octanol–water partition coefficient (Wildman–Crippen LogP) is 5.25. The summed E-state index contributed by atoms with van der Waals surface area (Å²) >= 11 is 0. The summed E-state index contributed by atoms with van der Waals surface area (Å²) in [4.78, 5) is 13.9. The van der Waals surface area contributed by atoms with Gasteiger partial charge in [-0.15, -0.1) is 0 Å². The van der Waals surface area contributed by atoms with Crippen molar-refractivity contribution in [1.82, 2.24) is 19.7 Å². The Balaban J connectivity index is 1.28. The van der Waals surface area contributed by atoms with Crippen molar-refractivity contribution in [3.63, 3.8) is 0 Å². The fraction of sp³-hybridized carbons (Fsp3) is 0.536. The molecule has 3 aromatic rings. The Morgan fingerprint density at radius 3 is 2.18 bits per heavy atom. The maximum atomic E-state index is 13.1. The third-order valence-electron chi connectivity index (χ3n) is 6.98. The summed E-state index contributed by atoms with van der Waals surface area (Å²) in [6, 6.07) is 13.2. The lowest BCUT2D eigenvalue weighted by molar-refractivity contribution is 0.284. The van der Waals surface area contributed by atoms with Crippen molar-refractivity contribution >= 4 is 38.6 Å². The van der Waals surface area contributed by atoms with Gasteiger partial charge in [0.25, 0.3) is 0 Å². The number of anilines is 3. The van der Waals surface area contributed by atoms with Crippen LogP contribution in [0, 0.1) is 11.8 Å². The quantitative estimate of drug-likeness (QED) is 0.217. The first-order valence-electron chi connectivity index (χ1n) is 13.8. The molecular weight excluding hydrogens is 498 g/mol. The van der Waals surface area contributed by atoms with Gasteiger partial charge >= 0.3 is 0 Å². The van der Waals surface area contributed by atoms with Gasteiger partial charge in [-0.25, -0.2) is 13.1 Å². The summed E-state index contributed by atoms with van der Waals surface area (Å²) in [7, 11) is -3.57. The van der Waals surface area contributed by atoms with Gasteiger partial charge in [-0.05, 0) is 69.2 Å². The largest absolute Gasteiger partial charge is 0.354 e. The maximum absolute atomic E-state index is 13.1. The lowest BCUT2D eigenvalue weighted by Gasteiger charge is -2.28. The molecule has 0 unspecified atom stereocenters. The average Bonchev–Trinajstić information content (AvgIpc) is 2.91. The SMILES string of the molecule is CCCCNc1nc(NCC2CCC(CNS(=O)(=O)c3cccc4ccccc34)CC2)nc(NC(C)C)n1. The molecule has 4 rings (SSSR count). The monoisotopic (exact) mass is 539 g/mol. The molecular formula is C28H41N7O2S. The van der Waals surface area contributed by atoms with E-state index in [4.69, 9.17) is 0 Å². The minimum Gasteiger partial charge on any atom is -0.354 e. The number of hydrogen-bond acceptors (Lipinski definition) is 8. The number of rotatable bonds is 13. The molecule has 1 fully saturated rings. The molecule has 0 saturated heterocycles. The number of aromatic nitrogens is 3. The molecule has 38 heavy (non-hydrogen) atoms. The molecule has 4 N–H and O–H groups in total. The molecule has 1 aliphatic rings. The lowest BCUT2D eigenvalue weighted by Crippen LogP contribution is -2.32. The second-order valence-corrected chi connectivity index (χ2v) is 12.2. The van der Waals surface area contributed by atoms with Crippen molar-refractivity contribution < 1.29 is 8.42 Å². The first kappa shape index (κ1) is 28.0. The van der Waals surface area contributed by atoms with Gasteiger partial charge in [0, 0.05) is 31.1 Å². The molecule has 206 valence electrons. The summed E-state index contributed by atoms with van der Waals surface area (Å²) in [6.45, 7) is 8.35. The molecule has 10 heteroatoms. The minimum absolute atomic E-state index is 0.224. The number of unbranched alkanes of at least 4 members (excludes halogenated alkanes) is 1. The molecule has 0 amide bonds. The van der Waals surface area contributed by atoms with E-state index >= 15 is 0 Å². The van der Waals surface area contributed by atoms with Crippen LogP contribution in [0.1, 0.15) is 59.3 Å². The summed E-state index contributed by atoms with van der Waals surface area (Å²) in [5.74, 6) is 2.56. The maximum Gasteiger partial charge on any atom is 0.241 e. The van der Waals surface area contributed by atoms with Crippen LogP contribution in [0.15, 0.2) is 47.4 Å². The molecule has 1 aliphatic carbocycles. The van der Waals surface area contributed by atoms with Gasteiger partial charge in [0.15, 0.2) is 0 Å². The standard InChI is InChI=1S/C28H41N7O2S/c1-4-5-17-29-26-33-27(35-28(34-26)32-20(2)3)30-18-21-13-15-22(16-14-21)19-31-38(36,37)25-12-8-10-23-9-6-7-11-24(23)25/h6-12,20-22,31H,4-5,13-19H2,1-3H3,(H3,29,30,32,33,34,35). The van der Waals surface area contributed by atoms with Gasteiger partial charge in [0.1, 0.15) is 0 Å². The Labute approximate surface area is 226 Å². The zero-order chi connectivity index (χ0) is 27.0. The van der Waals surface area contributed by atoms with E-state index in [9.17, 15) is 8.42 Å². The molecule has 0 spiro atoms. The molecule has 0 bridgehead atoms. The van der Waals surface area contributed by atoms with Crippen LogP contribution in [-0.4, -0.2) is 49.0 Å². The van der Waals surface area contributed by atoms with Crippen molar-refractivity contribution in [3.8, 4) is 0 Å². The minimum atomic E-state index is -3.57. The highest BCUT2D eigenvalue weighted by Gasteiger charge is 2.24. The van der Waals surface area contributed by atoms with Crippen molar-refractivity contribution in [2.75, 3.05) is 35.6 Å². The first-order valence-corrected chi connectivity index (χ1v) is 15.3. The lowest BCUT2D eigenvalue weighted by atomic mass is 9.82. The van der Waals surface area contributed by atoms with Crippen molar-refractivity contribution in [2.45, 2.75) is 70.2 Å². The fourth-order valence-corrected chi connectivity index (χ4v) is 6.19. The van der Waals surface area contributed by atoms with E-state index in [0.717, 1.165) is 62.4 Å². The van der Waals surface area contributed by atoms with Crippen LogP contribution >= 0.6 is 0 Å². The van der Waals surface area contributed by atoms with Gasteiger partial charge in [0.2, 0.25) is 27.9 Å². The highest BCUT2D eigenvalue weighted by Crippen LogP contribution is 2.29. The molecule has 2 aromatic carbocycles. The van der Waals surface area contributed by atoms with Gasteiger partial charge in [0.05, 0.1) is 4.90 Å². The number of nitrogens with one attached hydrogen (secondary N) is 4. The zero-order valence-corrected chi connectivity index (χ0v) is 23.5. The molecule has 1 heterocycles. The summed E-state index contributed by atoms with van der Waals surface area (Å²) < 4.78 is 29.0. The molecule has 1 aromatic heterocycles. The number of fused-ring (bicyclic) bond motifs is 1. The van der Waals surface area contributed by atoms with Gasteiger partial charge in [-0.3, -0.25) is 0 Å². The molecule has 0 radical (unpaired) electrons. The summed E-state index contributed by atoms with van der Waals surface area (Å²) in [5.41, 5.74) is 0. The van der Waals surface area contributed by atoms with E-state index in [0.29, 0.717) is 41.1 Å². The number of sulfonamides is 1. The smallest absolute Gasteiger partial charge is 0.241 e. The van der Waals surface area contributed by atoms with Gasteiger partial charge in [-0.2, -0.15) is 15.0 Å². The Morgan fingerprint density at radius 2 is 1.47 bits per heavy atom. The van der Waals surface area contributed by atoms with E-state index in [-0.39, 0.29) is 6.04 Å². The zero-order valence-electron chi connectivity index (χ0n) is 22.7. The second kappa shape index (κ2) is 13.2. The van der Waals surface area contributed by atoms with E-state index in [1.54, 1.807) is 12.1 Å². The summed E-state index contributed by atoms with van der Waals surface area (Å²) in [6.07, 6.45) is 6.22. The van der Waals surface area contributed by atoms with E-state index in [1.807, 2.05) is 30.3 Å². The highest BCUT2D eigenvalue weighted by molar-refractivity contribution is 7.89. The highest BCUT2D eigenvalue weighted by atomic mass is 32.2. The van der Waals surface area contributed by atoms with Crippen LogP contribution in [0.3, 0.4) is 0 Å². The van der Waals surface area contributed by atoms with Gasteiger partial charge in [-0.1, -0.05) is 49.7 Å².